The fourth-order valence-electron chi connectivity index (χ4n) is 3.66. The molecule has 160 valence electrons. The van der Waals surface area contributed by atoms with Gasteiger partial charge in [-0.25, -0.2) is 4.52 Å². The molecule has 0 saturated carbocycles. The summed E-state index contributed by atoms with van der Waals surface area (Å²) in [7, 11) is -2.39. The van der Waals surface area contributed by atoms with Crippen molar-refractivity contribution in [1.29, 1.82) is 0 Å². The molecule has 0 bridgehead atoms. The van der Waals surface area contributed by atoms with Crippen molar-refractivity contribution in [3.8, 4) is 5.75 Å². The minimum Gasteiger partial charge on any atom is -0.366 e. The van der Waals surface area contributed by atoms with Crippen LogP contribution in [0.5, 0.6) is 5.75 Å². The first-order chi connectivity index (χ1) is 14.3. The lowest BCUT2D eigenvalue weighted by Gasteiger charge is -2.31. The van der Waals surface area contributed by atoms with E-state index in [0.717, 1.165) is 0 Å². The monoisotopic (exact) mass is 435 g/mol. The third kappa shape index (κ3) is 4.55. The summed E-state index contributed by atoms with van der Waals surface area (Å²) in [6.45, 7) is 3.62. The summed E-state index contributed by atoms with van der Waals surface area (Å²) < 4.78 is 41.0. The Morgan fingerprint density at radius 1 is 1.27 bits per heavy atom. The quantitative estimate of drug-likeness (QED) is 0.651. The van der Waals surface area contributed by atoms with Crippen LogP contribution in [0.15, 0.2) is 54.4 Å². The number of allylic oxidation sites excluding steroid dienone is 1. The second-order valence-corrected chi connectivity index (χ2v) is 8.50. The van der Waals surface area contributed by atoms with E-state index >= 15 is 0 Å². The summed E-state index contributed by atoms with van der Waals surface area (Å²) in [6.07, 6.45) is 3.78. The minimum absolute atomic E-state index is 0.0108. The van der Waals surface area contributed by atoms with Crippen LogP contribution in [0.4, 0.5) is 0 Å². The average molecular weight is 435 g/mol. The van der Waals surface area contributed by atoms with Gasteiger partial charge < -0.3 is 24.8 Å². The molecule has 3 heterocycles. The Morgan fingerprint density at radius 3 is 2.73 bits per heavy atom. The number of nitrogens with two attached hydrogens (primary N) is 1. The molecule has 4 rings (SSSR count). The number of carbonyl (C=O) groups is 1. The summed E-state index contributed by atoms with van der Waals surface area (Å²) in [4.78, 5) is 13.3. The van der Waals surface area contributed by atoms with Gasteiger partial charge in [0.25, 0.3) is 0 Å². The number of primary amides is 1. The van der Waals surface area contributed by atoms with Crippen LogP contribution in [0.25, 0.3) is 0 Å². The first-order valence-corrected chi connectivity index (χ1v) is 10.7. The maximum atomic E-state index is 12.2. The number of ether oxygens (including phenoxy) is 3. The molecule has 5 atom stereocenters. The maximum absolute atomic E-state index is 12.2. The van der Waals surface area contributed by atoms with Gasteiger partial charge in [0.15, 0.2) is 17.8 Å². The predicted octanol–water partition coefficient (Wildman–Crippen LogP) is 2.57. The molecular weight excluding hydrogens is 411 g/mol. The van der Waals surface area contributed by atoms with Crippen molar-refractivity contribution in [2.45, 2.75) is 50.6 Å². The molecule has 30 heavy (non-hydrogen) atoms. The number of fused-ring (bicyclic) bond motifs is 1. The van der Waals surface area contributed by atoms with Crippen molar-refractivity contribution in [2.75, 3.05) is 6.61 Å². The number of para-hydroxylation sites is 1. The molecule has 3 aliphatic rings. The van der Waals surface area contributed by atoms with Gasteiger partial charge in [-0.05, 0) is 32.4 Å². The molecular formula is C20H24N2O7P+. The van der Waals surface area contributed by atoms with E-state index in [-0.39, 0.29) is 6.61 Å². The van der Waals surface area contributed by atoms with E-state index in [1.807, 2.05) is 32.2 Å². The molecule has 2 N–H and O–H groups in total. The number of hydrogen-bond acceptors (Lipinski definition) is 8. The Labute approximate surface area is 175 Å². The van der Waals surface area contributed by atoms with Crippen LogP contribution in [0.1, 0.15) is 20.3 Å². The van der Waals surface area contributed by atoms with Gasteiger partial charge in [0.1, 0.15) is 24.9 Å². The maximum Gasteiger partial charge on any atom is 0.750 e. The van der Waals surface area contributed by atoms with E-state index in [4.69, 9.17) is 29.0 Å². The Balaban J connectivity index is 1.44. The second-order valence-electron chi connectivity index (χ2n) is 7.61. The van der Waals surface area contributed by atoms with Gasteiger partial charge in [0.05, 0.1) is 0 Å². The van der Waals surface area contributed by atoms with Crippen molar-refractivity contribution in [2.24, 2.45) is 5.73 Å². The molecule has 0 spiro atoms. The van der Waals surface area contributed by atoms with Crippen LogP contribution < -0.4 is 10.3 Å². The second kappa shape index (κ2) is 8.45. The van der Waals surface area contributed by atoms with E-state index in [2.05, 4.69) is 0 Å². The molecule has 1 amide bonds. The minimum atomic E-state index is -2.39. The molecule has 9 nitrogen and oxygen atoms in total. The molecule has 3 aliphatic heterocycles. The zero-order valence-electron chi connectivity index (χ0n) is 16.7. The van der Waals surface area contributed by atoms with Crippen LogP contribution in [0.2, 0.25) is 0 Å². The number of amides is 1. The number of rotatable bonds is 7. The van der Waals surface area contributed by atoms with E-state index in [0.29, 0.717) is 17.7 Å². The zero-order chi connectivity index (χ0) is 21.3. The van der Waals surface area contributed by atoms with Gasteiger partial charge in [-0.3, -0.25) is 4.79 Å². The van der Waals surface area contributed by atoms with Gasteiger partial charge in [0, 0.05) is 22.5 Å². The van der Waals surface area contributed by atoms with Gasteiger partial charge in [-0.15, -0.1) is 4.52 Å². The first-order valence-electron chi connectivity index (χ1n) is 9.61. The van der Waals surface area contributed by atoms with Gasteiger partial charge in [-0.1, -0.05) is 24.3 Å². The molecule has 2 saturated heterocycles. The van der Waals surface area contributed by atoms with Crippen molar-refractivity contribution >= 4 is 14.2 Å². The molecule has 0 aliphatic carbocycles. The average Bonchev–Trinajstić information content (AvgIpc) is 3.20. The van der Waals surface area contributed by atoms with Gasteiger partial charge in [-0.2, -0.15) is 0 Å². The van der Waals surface area contributed by atoms with Crippen molar-refractivity contribution in [1.82, 2.24) is 4.90 Å². The molecule has 3 unspecified atom stereocenters. The highest BCUT2D eigenvalue weighted by molar-refractivity contribution is 7.33. The molecule has 0 aromatic heterocycles. The Bertz CT molecular complexity index is 873. The number of nitrogens with zero attached hydrogens (tertiary/aromatic N) is 1. The Kier molecular flexibility index (Phi) is 5.90. The van der Waals surface area contributed by atoms with E-state index in [9.17, 15) is 9.36 Å². The highest BCUT2D eigenvalue weighted by atomic mass is 31.1. The molecule has 1 aromatic carbocycles. The van der Waals surface area contributed by atoms with Crippen LogP contribution in [0.3, 0.4) is 0 Å². The lowest BCUT2D eigenvalue weighted by molar-refractivity contribution is -0.201. The molecule has 0 radical (unpaired) electrons. The van der Waals surface area contributed by atoms with Crippen LogP contribution >= 0.6 is 8.25 Å². The normalized spacial score (nSPS) is 30.0. The van der Waals surface area contributed by atoms with E-state index in [1.54, 1.807) is 35.4 Å². The highest BCUT2D eigenvalue weighted by Crippen LogP contribution is 2.41. The van der Waals surface area contributed by atoms with E-state index in [1.165, 1.54) is 0 Å². The third-order valence-corrected chi connectivity index (χ3v) is 5.64. The topological polar surface area (TPSA) is 110 Å². The van der Waals surface area contributed by atoms with Crippen molar-refractivity contribution in [3.63, 3.8) is 0 Å². The lowest BCUT2D eigenvalue weighted by Crippen LogP contribution is -2.40. The smallest absolute Gasteiger partial charge is 0.366 e. The van der Waals surface area contributed by atoms with Crippen LogP contribution in [-0.4, -0.2) is 47.7 Å². The summed E-state index contributed by atoms with van der Waals surface area (Å²) in [6, 6.07) is 8.77. The number of hydrogen-bond donors (Lipinski definition) is 1. The number of benzene rings is 1. The lowest BCUT2D eigenvalue weighted by atomic mass is 10.1. The third-order valence-electron chi connectivity index (χ3n) is 4.92. The van der Waals surface area contributed by atoms with Crippen LogP contribution in [0, 0.1) is 0 Å². The standard InChI is InChI=1S/C20H23N2O7P/c1-20(2)27-16-15(12-25-30(24)29-14-8-4-3-5-9-14)26-19(17(16)28-20)22-10-6-7-13(11-22)18(21)23/h3-6,8-11,15-17,19H,7,12H2,1-2H3,(H-,21,23)/p+1/t15?,16-,17-,19?/m1/s1. The van der Waals surface area contributed by atoms with E-state index < -0.39 is 44.5 Å². The first kappa shape index (κ1) is 21.0. The predicted molar refractivity (Wildman–Crippen MR) is 106 cm³/mol. The fourth-order valence-corrected chi connectivity index (χ4v) is 4.28. The molecule has 10 heteroatoms. The Morgan fingerprint density at radius 2 is 2.00 bits per heavy atom. The zero-order valence-corrected chi connectivity index (χ0v) is 17.6. The summed E-state index contributed by atoms with van der Waals surface area (Å²) >= 11 is 0. The largest absolute Gasteiger partial charge is 0.750 e. The van der Waals surface area contributed by atoms with Crippen LogP contribution in [-0.2, 0) is 28.1 Å². The Hall–Kier alpha value is -2.29. The summed E-state index contributed by atoms with van der Waals surface area (Å²) in [5.41, 5.74) is 5.89. The number of carbonyl (C=O) groups excluding carboxylic acids is 1. The summed E-state index contributed by atoms with van der Waals surface area (Å²) in [5.74, 6) is -0.850. The van der Waals surface area contributed by atoms with Crippen molar-refractivity contribution in [3.05, 3.63) is 54.4 Å². The van der Waals surface area contributed by atoms with Gasteiger partial charge in [0.2, 0.25) is 5.91 Å². The summed E-state index contributed by atoms with van der Waals surface area (Å²) in [5, 5.41) is 0. The molecule has 1 aromatic rings. The molecule has 2 fully saturated rings. The SMILES string of the molecule is CC1(C)O[C@@H]2C(CO[P+](=O)Oc3ccccc3)OC(N3C=CCC(C(N)=O)=C3)[C@@H]2O1. The van der Waals surface area contributed by atoms with Gasteiger partial charge >= 0.3 is 8.25 Å². The highest BCUT2D eigenvalue weighted by Gasteiger charge is 2.57. The van der Waals surface area contributed by atoms with Crippen molar-refractivity contribution < 1.29 is 32.6 Å². The fraction of sp³-hybridized carbons (Fsp3) is 0.450.